The zero-order chi connectivity index (χ0) is 17.7. The lowest BCUT2D eigenvalue weighted by molar-refractivity contribution is 0.0880. The van der Waals surface area contributed by atoms with Crippen LogP contribution in [-0.4, -0.2) is 53.5 Å². The fourth-order valence-corrected chi connectivity index (χ4v) is 2.79. The van der Waals surface area contributed by atoms with Crippen molar-refractivity contribution in [1.82, 2.24) is 4.90 Å². The van der Waals surface area contributed by atoms with Gasteiger partial charge < -0.3 is 24.2 Å². The van der Waals surface area contributed by atoms with Gasteiger partial charge in [0.25, 0.3) is 0 Å². The molecule has 0 aliphatic carbocycles. The molecule has 1 aromatic carbocycles. The van der Waals surface area contributed by atoms with Gasteiger partial charge in [-0.25, -0.2) is 4.57 Å². The Hall–Kier alpha value is -1.44. The topological polar surface area (TPSA) is 106 Å². The van der Waals surface area contributed by atoms with Crippen LogP contribution in [0, 0.1) is 5.92 Å². The molecule has 1 atom stereocenters. The van der Waals surface area contributed by atoms with Crippen LogP contribution in [0.5, 0.6) is 11.5 Å². The summed E-state index contributed by atoms with van der Waals surface area (Å²) in [6, 6.07) is 5.10. The Morgan fingerprint density at radius 2 is 2.08 bits per heavy atom. The molecule has 9 heteroatoms. The number of ether oxygens (including phenoxy) is 2. The molecule has 1 aliphatic heterocycles. The summed E-state index contributed by atoms with van der Waals surface area (Å²) in [5.74, 6) is 0.891. The van der Waals surface area contributed by atoms with E-state index in [4.69, 9.17) is 19.3 Å². The zero-order valence-corrected chi connectivity index (χ0v) is 14.6. The molecule has 24 heavy (non-hydrogen) atoms. The maximum atomic E-state index is 12.6. The third-order valence-electron chi connectivity index (χ3n) is 3.75. The number of benzene rings is 1. The molecule has 2 N–H and O–H groups in total. The number of Topliss-reactive ketones (excluding diaryl/α,β-unsaturated/α-hetero) is 1. The highest BCUT2D eigenvalue weighted by Crippen LogP contribution is 2.35. The number of phosphoric acid groups is 1. The lowest BCUT2D eigenvalue weighted by Crippen LogP contribution is -2.34. The molecule has 0 amide bonds. The number of carbonyl (C=O) groups is 1. The number of hydrogen-bond acceptors (Lipinski definition) is 6. The number of nitrogens with zero attached hydrogens (tertiary/aromatic N) is 1. The summed E-state index contributed by atoms with van der Waals surface area (Å²) in [6.07, 6.45) is 0. The van der Waals surface area contributed by atoms with Gasteiger partial charge in [-0.15, -0.1) is 0 Å². The number of phosphoric ester groups is 1. The molecular weight excluding hydrogens is 337 g/mol. The van der Waals surface area contributed by atoms with E-state index in [1.807, 2.05) is 18.7 Å². The molecule has 1 unspecified atom stereocenters. The van der Waals surface area contributed by atoms with Crippen molar-refractivity contribution in [3.05, 3.63) is 23.8 Å². The van der Waals surface area contributed by atoms with Crippen LogP contribution >= 0.6 is 7.82 Å². The van der Waals surface area contributed by atoms with Gasteiger partial charge in [0.1, 0.15) is 0 Å². The minimum atomic E-state index is -4.46. The van der Waals surface area contributed by atoms with Gasteiger partial charge >= 0.3 is 7.82 Å². The predicted molar refractivity (Wildman–Crippen MR) is 86.2 cm³/mol. The van der Waals surface area contributed by atoms with Crippen LogP contribution in [0.3, 0.4) is 0 Å². The Bertz CT molecular complexity index is 630. The zero-order valence-electron chi connectivity index (χ0n) is 13.7. The summed E-state index contributed by atoms with van der Waals surface area (Å²) >= 11 is 0. The number of fused-ring (bicyclic) bond motifs is 1. The fourth-order valence-electron chi connectivity index (χ4n) is 2.47. The Balaban J connectivity index is 1.91. The Morgan fingerprint density at radius 3 is 2.75 bits per heavy atom. The third kappa shape index (κ3) is 5.29. The van der Waals surface area contributed by atoms with Crippen molar-refractivity contribution in [2.24, 2.45) is 5.92 Å². The highest BCUT2D eigenvalue weighted by molar-refractivity contribution is 7.46. The Labute approximate surface area is 140 Å². The molecule has 0 bridgehead atoms. The lowest BCUT2D eigenvalue weighted by atomic mass is 9.98. The third-order valence-corrected chi connectivity index (χ3v) is 4.27. The van der Waals surface area contributed by atoms with Gasteiger partial charge in [-0.3, -0.25) is 9.32 Å². The maximum Gasteiger partial charge on any atom is 0.469 e. The predicted octanol–water partition coefficient (Wildman–Crippen LogP) is 1.67. The first-order valence-electron chi connectivity index (χ1n) is 7.66. The van der Waals surface area contributed by atoms with Crippen LogP contribution in [-0.2, 0) is 9.09 Å². The average molecular weight is 359 g/mol. The molecule has 0 radical (unpaired) electrons. The number of hydrogen-bond donors (Lipinski definition) is 2. The molecule has 1 aromatic rings. The van der Waals surface area contributed by atoms with Crippen LogP contribution < -0.4 is 9.47 Å². The van der Waals surface area contributed by atoms with Crippen molar-refractivity contribution in [3.8, 4) is 11.5 Å². The van der Waals surface area contributed by atoms with E-state index in [1.54, 1.807) is 18.2 Å². The van der Waals surface area contributed by atoms with Gasteiger partial charge in [0.2, 0.25) is 6.79 Å². The van der Waals surface area contributed by atoms with E-state index < -0.39 is 7.82 Å². The monoisotopic (exact) mass is 359 g/mol. The van der Waals surface area contributed by atoms with Gasteiger partial charge in [-0.2, -0.15) is 0 Å². The van der Waals surface area contributed by atoms with Crippen molar-refractivity contribution in [2.75, 3.05) is 33.0 Å². The minimum Gasteiger partial charge on any atom is -0.454 e. The first kappa shape index (κ1) is 18.9. The average Bonchev–Trinajstić information content (AvgIpc) is 2.99. The second-order valence-electron chi connectivity index (χ2n) is 5.55. The largest absolute Gasteiger partial charge is 0.469 e. The van der Waals surface area contributed by atoms with Crippen molar-refractivity contribution in [1.29, 1.82) is 0 Å². The fraction of sp³-hybridized carbons (Fsp3) is 0.533. The van der Waals surface area contributed by atoms with E-state index in [2.05, 4.69) is 4.52 Å². The molecule has 0 spiro atoms. The highest BCUT2D eigenvalue weighted by Gasteiger charge is 2.22. The standard InChI is InChI=1S/C15H22NO7P/c1-3-16(6-7-23-24(18,19)20)9-11(2)15(17)12-4-5-13-14(8-12)22-10-21-13/h4-5,8,11H,3,6-7,9-10H2,1-2H3,(H2,18,19,20). The Morgan fingerprint density at radius 1 is 1.38 bits per heavy atom. The van der Waals surface area contributed by atoms with Gasteiger partial charge in [0.15, 0.2) is 17.3 Å². The number of carbonyl (C=O) groups excluding carboxylic acids is 1. The van der Waals surface area contributed by atoms with Crippen LogP contribution in [0.1, 0.15) is 24.2 Å². The number of likely N-dealkylation sites (N-methyl/N-ethyl adjacent to an activating group) is 1. The molecule has 134 valence electrons. The minimum absolute atomic E-state index is 0.0253. The SMILES string of the molecule is CCN(CCOP(=O)(O)O)CC(C)C(=O)c1ccc2c(c1)OCO2. The van der Waals surface area contributed by atoms with Crippen LogP contribution in [0.25, 0.3) is 0 Å². The molecule has 0 fully saturated rings. The molecular formula is C15H22NO7P. The van der Waals surface area contributed by atoms with Crippen LogP contribution in [0.2, 0.25) is 0 Å². The van der Waals surface area contributed by atoms with Gasteiger partial charge in [0.05, 0.1) is 6.61 Å². The molecule has 2 rings (SSSR count). The van der Waals surface area contributed by atoms with Crippen molar-refractivity contribution >= 4 is 13.6 Å². The van der Waals surface area contributed by atoms with Gasteiger partial charge in [-0.1, -0.05) is 13.8 Å². The summed E-state index contributed by atoms with van der Waals surface area (Å²) in [5.41, 5.74) is 0.550. The van der Waals surface area contributed by atoms with Gasteiger partial charge in [-0.05, 0) is 24.7 Å². The van der Waals surface area contributed by atoms with Crippen molar-refractivity contribution < 1.29 is 33.1 Å². The van der Waals surface area contributed by atoms with Crippen molar-refractivity contribution in [2.45, 2.75) is 13.8 Å². The van der Waals surface area contributed by atoms with E-state index in [9.17, 15) is 9.36 Å². The quantitative estimate of drug-likeness (QED) is 0.507. The maximum absolute atomic E-state index is 12.6. The smallest absolute Gasteiger partial charge is 0.454 e. The van der Waals surface area contributed by atoms with E-state index in [0.717, 1.165) is 0 Å². The van der Waals surface area contributed by atoms with E-state index >= 15 is 0 Å². The second-order valence-corrected chi connectivity index (χ2v) is 6.79. The van der Waals surface area contributed by atoms with Crippen molar-refractivity contribution in [3.63, 3.8) is 0 Å². The number of ketones is 1. The molecule has 8 nitrogen and oxygen atoms in total. The molecule has 0 aromatic heterocycles. The summed E-state index contributed by atoms with van der Waals surface area (Å²) in [6.45, 7) is 5.24. The molecule has 0 saturated carbocycles. The van der Waals surface area contributed by atoms with Crippen LogP contribution in [0.15, 0.2) is 18.2 Å². The first-order chi connectivity index (χ1) is 11.3. The lowest BCUT2D eigenvalue weighted by Gasteiger charge is -2.23. The molecule has 1 heterocycles. The number of rotatable bonds is 9. The summed E-state index contributed by atoms with van der Waals surface area (Å²) < 4.78 is 25.6. The van der Waals surface area contributed by atoms with E-state index in [1.165, 1.54) is 0 Å². The normalized spacial score (nSPS) is 14.9. The first-order valence-corrected chi connectivity index (χ1v) is 9.19. The van der Waals surface area contributed by atoms with E-state index in [-0.39, 0.29) is 25.1 Å². The van der Waals surface area contributed by atoms with E-state index in [0.29, 0.717) is 36.7 Å². The highest BCUT2D eigenvalue weighted by atomic mass is 31.2. The summed E-state index contributed by atoms with van der Waals surface area (Å²) in [5, 5.41) is 0. The molecule has 1 aliphatic rings. The van der Waals surface area contributed by atoms with Crippen LogP contribution in [0.4, 0.5) is 0 Å². The Kier molecular flexibility index (Phi) is 6.37. The molecule has 0 saturated heterocycles. The summed E-state index contributed by atoms with van der Waals surface area (Å²) in [4.78, 5) is 31.8. The second kappa shape index (κ2) is 8.09. The van der Waals surface area contributed by atoms with Gasteiger partial charge in [0, 0.05) is 24.6 Å². The summed E-state index contributed by atoms with van der Waals surface area (Å²) in [7, 11) is -4.46.